The average Bonchev–Trinajstić information content (AvgIpc) is 2.32. The molecule has 0 atom stereocenters. The van der Waals surface area contributed by atoms with Crippen LogP contribution in [0.5, 0.6) is 17.2 Å². The summed E-state index contributed by atoms with van der Waals surface area (Å²) in [5.41, 5.74) is 0.228. The zero-order valence-corrected chi connectivity index (χ0v) is 8.72. The van der Waals surface area contributed by atoms with E-state index in [2.05, 4.69) is 0 Å². The maximum absolute atomic E-state index is 13.5. The lowest BCUT2D eigenvalue weighted by Gasteiger charge is -2.06. The summed E-state index contributed by atoms with van der Waals surface area (Å²) in [6.45, 7) is 0. The molecule has 0 aliphatic carbocycles. The summed E-state index contributed by atoms with van der Waals surface area (Å²) in [5.74, 6) is -0.243. The largest absolute Gasteiger partial charge is 0.508 e. The molecular formula is C13H8FNO2. The molecule has 0 saturated heterocycles. The van der Waals surface area contributed by atoms with Gasteiger partial charge in [-0.15, -0.1) is 0 Å². The molecule has 2 rings (SSSR count). The van der Waals surface area contributed by atoms with Gasteiger partial charge in [0.25, 0.3) is 0 Å². The third kappa shape index (κ3) is 2.52. The third-order valence-electron chi connectivity index (χ3n) is 2.11. The van der Waals surface area contributed by atoms with Crippen LogP contribution in [-0.4, -0.2) is 5.11 Å². The van der Waals surface area contributed by atoms with Gasteiger partial charge >= 0.3 is 0 Å². The normalized spacial score (nSPS) is 9.65. The number of hydrogen-bond acceptors (Lipinski definition) is 3. The summed E-state index contributed by atoms with van der Waals surface area (Å²) in [6.07, 6.45) is 0. The SMILES string of the molecule is N#Cc1ccc(Oc2cccc(O)c2)c(F)c1. The van der Waals surface area contributed by atoms with Crippen molar-refractivity contribution < 1.29 is 14.2 Å². The second-order valence-corrected chi connectivity index (χ2v) is 3.36. The number of rotatable bonds is 2. The highest BCUT2D eigenvalue weighted by molar-refractivity contribution is 5.40. The molecule has 0 unspecified atom stereocenters. The average molecular weight is 229 g/mol. The predicted molar refractivity (Wildman–Crippen MR) is 59.3 cm³/mol. The fourth-order valence-corrected chi connectivity index (χ4v) is 1.33. The molecule has 0 bridgehead atoms. The zero-order valence-electron chi connectivity index (χ0n) is 8.72. The minimum absolute atomic E-state index is 0.00889. The van der Waals surface area contributed by atoms with Crippen LogP contribution >= 0.6 is 0 Å². The van der Waals surface area contributed by atoms with E-state index in [1.165, 1.54) is 24.3 Å². The van der Waals surface area contributed by atoms with Crippen molar-refractivity contribution in [2.45, 2.75) is 0 Å². The molecule has 84 valence electrons. The molecule has 0 radical (unpaired) electrons. The number of halogens is 1. The van der Waals surface area contributed by atoms with Crippen LogP contribution in [0.4, 0.5) is 4.39 Å². The van der Waals surface area contributed by atoms with E-state index < -0.39 is 5.82 Å². The van der Waals surface area contributed by atoms with Crippen LogP contribution in [0.15, 0.2) is 42.5 Å². The number of aromatic hydroxyl groups is 1. The van der Waals surface area contributed by atoms with Gasteiger partial charge in [-0.25, -0.2) is 4.39 Å². The highest BCUT2D eigenvalue weighted by atomic mass is 19.1. The van der Waals surface area contributed by atoms with Crippen molar-refractivity contribution in [1.29, 1.82) is 5.26 Å². The van der Waals surface area contributed by atoms with Gasteiger partial charge in [-0.1, -0.05) is 6.07 Å². The number of nitriles is 1. The van der Waals surface area contributed by atoms with Gasteiger partial charge in [0.1, 0.15) is 11.5 Å². The molecule has 0 saturated carbocycles. The van der Waals surface area contributed by atoms with Crippen molar-refractivity contribution in [3.63, 3.8) is 0 Å². The molecule has 3 nitrogen and oxygen atoms in total. The summed E-state index contributed by atoms with van der Waals surface area (Å²) in [7, 11) is 0. The first-order valence-electron chi connectivity index (χ1n) is 4.85. The summed E-state index contributed by atoms with van der Waals surface area (Å²) in [5, 5.41) is 17.8. The fraction of sp³-hybridized carbons (Fsp3) is 0. The standard InChI is InChI=1S/C13H8FNO2/c14-12-6-9(8-15)4-5-13(12)17-11-3-1-2-10(16)7-11/h1-7,16H. The third-order valence-corrected chi connectivity index (χ3v) is 2.11. The Balaban J connectivity index is 2.28. The van der Waals surface area contributed by atoms with E-state index in [1.54, 1.807) is 12.1 Å². The topological polar surface area (TPSA) is 53.2 Å². The van der Waals surface area contributed by atoms with Crippen molar-refractivity contribution in [3.8, 4) is 23.3 Å². The Morgan fingerprint density at radius 3 is 2.65 bits per heavy atom. The molecular weight excluding hydrogens is 221 g/mol. The fourth-order valence-electron chi connectivity index (χ4n) is 1.33. The van der Waals surface area contributed by atoms with Gasteiger partial charge in [0, 0.05) is 6.07 Å². The van der Waals surface area contributed by atoms with Gasteiger partial charge < -0.3 is 9.84 Å². The Morgan fingerprint density at radius 1 is 1.18 bits per heavy atom. The highest BCUT2D eigenvalue weighted by Gasteiger charge is 2.06. The Kier molecular flexibility index (Phi) is 2.93. The van der Waals surface area contributed by atoms with E-state index in [1.807, 2.05) is 6.07 Å². The van der Waals surface area contributed by atoms with E-state index in [4.69, 9.17) is 10.00 Å². The van der Waals surface area contributed by atoms with Crippen LogP contribution < -0.4 is 4.74 Å². The molecule has 1 N–H and O–H groups in total. The van der Waals surface area contributed by atoms with Crippen molar-refractivity contribution >= 4 is 0 Å². The molecule has 0 fully saturated rings. The van der Waals surface area contributed by atoms with Crippen LogP contribution in [-0.2, 0) is 0 Å². The van der Waals surface area contributed by atoms with Gasteiger partial charge in [-0.2, -0.15) is 5.26 Å². The Labute approximate surface area is 97.3 Å². The van der Waals surface area contributed by atoms with Crippen LogP contribution in [0.25, 0.3) is 0 Å². The van der Waals surface area contributed by atoms with Gasteiger partial charge in [-0.05, 0) is 30.3 Å². The van der Waals surface area contributed by atoms with E-state index >= 15 is 0 Å². The summed E-state index contributed by atoms with van der Waals surface area (Å²) in [6, 6.07) is 11.8. The monoisotopic (exact) mass is 229 g/mol. The molecule has 0 aliphatic rings. The number of phenols is 1. The Bertz CT molecular complexity index is 590. The van der Waals surface area contributed by atoms with Gasteiger partial charge in [-0.3, -0.25) is 0 Å². The van der Waals surface area contributed by atoms with Crippen molar-refractivity contribution in [1.82, 2.24) is 0 Å². The van der Waals surface area contributed by atoms with Gasteiger partial charge in [0.2, 0.25) is 0 Å². The summed E-state index contributed by atoms with van der Waals surface area (Å²) in [4.78, 5) is 0. The zero-order chi connectivity index (χ0) is 12.3. The maximum Gasteiger partial charge on any atom is 0.167 e. The second-order valence-electron chi connectivity index (χ2n) is 3.36. The molecule has 0 heterocycles. The van der Waals surface area contributed by atoms with Crippen LogP contribution in [0.3, 0.4) is 0 Å². The molecule has 0 aromatic heterocycles. The molecule has 2 aromatic rings. The van der Waals surface area contributed by atoms with Gasteiger partial charge in [0.05, 0.1) is 11.6 Å². The number of phenolic OH excluding ortho intramolecular Hbond substituents is 1. The lowest BCUT2D eigenvalue weighted by Crippen LogP contribution is -1.89. The van der Waals surface area contributed by atoms with E-state index in [-0.39, 0.29) is 17.1 Å². The molecule has 2 aromatic carbocycles. The van der Waals surface area contributed by atoms with Crippen molar-refractivity contribution in [2.75, 3.05) is 0 Å². The van der Waals surface area contributed by atoms with Crippen molar-refractivity contribution in [2.24, 2.45) is 0 Å². The van der Waals surface area contributed by atoms with E-state index in [0.29, 0.717) is 5.75 Å². The highest BCUT2D eigenvalue weighted by Crippen LogP contribution is 2.27. The molecule has 4 heteroatoms. The van der Waals surface area contributed by atoms with Crippen molar-refractivity contribution in [3.05, 3.63) is 53.8 Å². The summed E-state index contributed by atoms with van der Waals surface area (Å²) >= 11 is 0. The number of ether oxygens (including phenoxy) is 1. The Morgan fingerprint density at radius 2 is 2.00 bits per heavy atom. The molecule has 17 heavy (non-hydrogen) atoms. The first-order chi connectivity index (χ1) is 8.19. The Hall–Kier alpha value is -2.54. The molecule has 0 amide bonds. The minimum atomic E-state index is -0.618. The van der Waals surface area contributed by atoms with E-state index in [0.717, 1.165) is 6.07 Å². The molecule has 0 spiro atoms. The van der Waals surface area contributed by atoms with E-state index in [9.17, 15) is 9.50 Å². The van der Waals surface area contributed by atoms with Crippen LogP contribution in [0, 0.1) is 17.1 Å². The first kappa shape index (κ1) is 11.0. The number of nitrogens with zero attached hydrogens (tertiary/aromatic N) is 1. The maximum atomic E-state index is 13.5. The summed E-state index contributed by atoms with van der Waals surface area (Å²) < 4.78 is 18.7. The minimum Gasteiger partial charge on any atom is -0.508 e. The van der Waals surface area contributed by atoms with Gasteiger partial charge in [0.15, 0.2) is 11.6 Å². The first-order valence-corrected chi connectivity index (χ1v) is 4.85. The number of hydrogen-bond donors (Lipinski definition) is 1. The second kappa shape index (κ2) is 4.54. The smallest absolute Gasteiger partial charge is 0.167 e. The lowest BCUT2D eigenvalue weighted by molar-refractivity contribution is 0.432. The number of benzene rings is 2. The lowest BCUT2D eigenvalue weighted by atomic mass is 10.2. The molecule has 0 aliphatic heterocycles. The predicted octanol–water partition coefficient (Wildman–Crippen LogP) is 3.20. The van der Waals surface area contributed by atoms with Crippen LogP contribution in [0.2, 0.25) is 0 Å². The quantitative estimate of drug-likeness (QED) is 0.860. The van der Waals surface area contributed by atoms with Crippen LogP contribution in [0.1, 0.15) is 5.56 Å².